The summed E-state index contributed by atoms with van der Waals surface area (Å²) in [6.07, 6.45) is 0. The number of hydrogen-bond acceptors (Lipinski definition) is 2. The highest BCUT2D eigenvalue weighted by atomic mass is 14.6. The molecule has 0 aliphatic rings. The Kier molecular flexibility index (Phi) is 3.71. The first-order valence-corrected chi connectivity index (χ1v) is 7.03. The molecular weight excluding hydrogens is 256 g/mol. The van der Waals surface area contributed by atoms with Gasteiger partial charge in [-0.15, -0.1) is 0 Å². The third-order valence-corrected chi connectivity index (χ3v) is 3.65. The summed E-state index contributed by atoms with van der Waals surface area (Å²) in [6.45, 7) is 0.500. The van der Waals surface area contributed by atoms with Gasteiger partial charge in [0.15, 0.2) is 0 Å². The largest absolute Gasteiger partial charge is 0.398 e. The highest BCUT2D eigenvalue weighted by Crippen LogP contribution is 2.35. The molecule has 2 nitrogen and oxygen atoms in total. The second kappa shape index (κ2) is 5.81. The summed E-state index contributed by atoms with van der Waals surface area (Å²) >= 11 is 0. The average molecular weight is 274 g/mol. The first kappa shape index (κ1) is 13.4. The lowest BCUT2D eigenvalue weighted by molar-refractivity contribution is 1.07. The van der Waals surface area contributed by atoms with E-state index < -0.39 is 0 Å². The minimum Gasteiger partial charge on any atom is -0.398 e. The highest BCUT2D eigenvalue weighted by Gasteiger charge is 2.11. The van der Waals surface area contributed by atoms with Crippen molar-refractivity contribution >= 4 is 5.69 Å². The van der Waals surface area contributed by atoms with Crippen molar-refractivity contribution in [2.24, 2.45) is 5.73 Å². The number of rotatable bonds is 3. The van der Waals surface area contributed by atoms with Crippen LogP contribution in [0.4, 0.5) is 5.69 Å². The molecule has 0 radical (unpaired) electrons. The number of hydrogen-bond donors (Lipinski definition) is 2. The molecule has 21 heavy (non-hydrogen) atoms. The van der Waals surface area contributed by atoms with Crippen molar-refractivity contribution < 1.29 is 0 Å². The van der Waals surface area contributed by atoms with Gasteiger partial charge in [-0.1, -0.05) is 60.7 Å². The third-order valence-electron chi connectivity index (χ3n) is 3.65. The summed E-state index contributed by atoms with van der Waals surface area (Å²) in [6, 6.07) is 24.5. The summed E-state index contributed by atoms with van der Waals surface area (Å²) in [4.78, 5) is 0. The van der Waals surface area contributed by atoms with Crippen LogP contribution in [-0.4, -0.2) is 0 Å². The first-order chi connectivity index (χ1) is 10.3. The van der Waals surface area contributed by atoms with Crippen LogP contribution < -0.4 is 11.5 Å². The van der Waals surface area contributed by atoms with E-state index in [1.54, 1.807) is 0 Å². The van der Waals surface area contributed by atoms with E-state index in [0.29, 0.717) is 6.54 Å². The molecule has 104 valence electrons. The quantitative estimate of drug-likeness (QED) is 0.708. The lowest BCUT2D eigenvalue weighted by Gasteiger charge is -2.14. The molecule has 3 aromatic rings. The van der Waals surface area contributed by atoms with Crippen molar-refractivity contribution in [2.45, 2.75) is 6.54 Å². The summed E-state index contributed by atoms with van der Waals surface area (Å²) in [5, 5.41) is 0. The van der Waals surface area contributed by atoms with Gasteiger partial charge in [-0.05, 0) is 28.8 Å². The van der Waals surface area contributed by atoms with Gasteiger partial charge in [-0.25, -0.2) is 0 Å². The maximum atomic E-state index is 6.43. The summed E-state index contributed by atoms with van der Waals surface area (Å²) in [5.74, 6) is 0. The molecule has 0 unspecified atom stereocenters. The second-order valence-electron chi connectivity index (χ2n) is 5.04. The Bertz CT molecular complexity index is 674. The lowest BCUT2D eigenvalue weighted by atomic mass is 9.93. The fraction of sp³-hybridized carbons (Fsp3) is 0.0526. The van der Waals surface area contributed by atoms with Crippen LogP contribution in [0.2, 0.25) is 0 Å². The number of benzene rings is 3. The van der Waals surface area contributed by atoms with E-state index >= 15 is 0 Å². The van der Waals surface area contributed by atoms with E-state index in [0.717, 1.165) is 33.5 Å². The zero-order valence-electron chi connectivity index (χ0n) is 11.8. The molecule has 0 bridgehead atoms. The van der Waals surface area contributed by atoms with E-state index in [9.17, 15) is 0 Å². The fourth-order valence-electron chi connectivity index (χ4n) is 2.54. The smallest absolute Gasteiger partial charge is 0.0473 e. The maximum absolute atomic E-state index is 6.43. The molecule has 3 rings (SSSR count). The first-order valence-electron chi connectivity index (χ1n) is 7.03. The molecule has 0 heterocycles. The topological polar surface area (TPSA) is 52.0 Å². The average Bonchev–Trinajstić information content (AvgIpc) is 2.57. The van der Waals surface area contributed by atoms with Gasteiger partial charge >= 0.3 is 0 Å². The van der Waals surface area contributed by atoms with Gasteiger partial charge < -0.3 is 11.5 Å². The number of anilines is 1. The SMILES string of the molecule is NCc1cc(-c2ccccc2)c(N)c(-c2ccccc2)c1. The Balaban J connectivity index is 2.23. The monoisotopic (exact) mass is 274 g/mol. The molecule has 0 saturated heterocycles. The van der Waals surface area contributed by atoms with Crippen molar-refractivity contribution in [2.75, 3.05) is 5.73 Å². The molecular formula is C19H18N2. The van der Waals surface area contributed by atoms with E-state index in [-0.39, 0.29) is 0 Å². The van der Waals surface area contributed by atoms with E-state index in [1.165, 1.54) is 0 Å². The molecule has 0 aliphatic carbocycles. The van der Waals surface area contributed by atoms with Crippen molar-refractivity contribution in [3.05, 3.63) is 78.4 Å². The Morgan fingerprint density at radius 2 is 1.10 bits per heavy atom. The predicted octanol–water partition coefficient (Wildman–Crippen LogP) is 4.06. The van der Waals surface area contributed by atoms with Crippen molar-refractivity contribution in [1.29, 1.82) is 0 Å². The van der Waals surface area contributed by atoms with Gasteiger partial charge in [-0.3, -0.25) is 0 Å². The van der Waals surface area contributed by atoms with Gasteiger partial charge in [0.2, 0.25) is 0 Å². The molecule has 3 aromatic carbocycles. The van der Waals surface area contributed by atoms with Crippen LogP contribution in [0.5, 0.6) is 0 Å². The van der Waals surface area contributed by atoms with Gasteiger partial charge in [0.25, 0.3) is 0 Å². The molecule has 0 spiro atoms. The Morgan fingerprint density at radius 3 is 1.48 bits per heavy atom. The van der Waals surface area contributed by atoms with Crippen LogP contribution in [0.1, 0.15) is 5.56 Å². The van der Waals surface area contributed by atoms with Gasteiger partial charge in [0, 0.05) is 23.4 Å². The zero-order chi connectivity index (χ0) is 14.7. The van der Waals surface area contributed by atoms with Crippen molar-refractivity contribution in [3.63, 3.8) is 0 Å². The minimum atomic E-state index is 0.500. The van der Waals surface area contributed by atoms with Crippen LogP contribution in [-0.2, 0) is 6.54 Å². The summed E-state index contributed by atoms with van der Waals surface area (Å²) in [7, 11) is 0. The highest BCUT2D eigenvalue weighted by molar-refractivity contribution is 5.89. The summed E-state index contributed by atoms with van der Waals surface area (Å²) in [5.41, 5.74) is 18.5. The van der Waals surface area contributed by atoms with Crippen LogP contribution in [0.15, 0.2) is 72.8 Å². The van der Waals surface area contributed by atoms with Gasteiger partial charge in [0.1, 0.15) is 0 Å². The third kappa shape index (κ3) is 2.67. The normalized spacial score (nSPS) is 10.5. The molecule has 0 amide bonds. The standard InChI is InChI=1S/C19H18N2/c20-13-14-11-17(15-7-3-1-4-8-15)19(21)18(12-14)16-9-5-2-6-10-16/h1-12H,13,20-21H2. The molecule has 0 aromatic heterocycles. The van der Waals surface area contributed by atoms with Crippen LogP contribution in [0, 0.1) is 0 Å². The van der Waals surface area contributed by atoms with Crippen LogP contribution in [0.25, 0.3) is 22.3 Å². The molecule has 0 saturated carbocycles. The van der Waals surface area contributed by atoms with Gasteiger partial charge in [-0.2, -0.15) is 0 Å². The van der Waals surface area contributed by atoms with E-state index in [4.69, 9.17) is 11.5 Å². The minimum absolute atomic E-state index is 0.500. The molecule has 2 heteroatoms. The number of nitrogen functional groups attached to an aromatic ring is 1. The van der Waals surface area contributed by atoms with E-state index in [1.807, 2.05) is 36.4 Å². The van der Waals surface area contributed by atoms with Crippen LogP contribution >= 0.6 is 0 Å². The fourth-order valence-corrected chi connectivity index (χ4v) is 2.54. The molecule has 0 aliphatic heterocycles. The Labute approximate surface area is 125 Å². The van der Waals surface area contributed by atoms with Crippen molar-refractivity contribution in [1.82, 2.24) is 0 Å². The van der Waals surface area contributed by atoms with E-state index in [2.05, 4.69) is 36.4 Å². The lowest BCUT2D eigenvalue weighted by Crippen LogP contribution is -2.01. The predicted molar refractivity (Wildman–Crippen MR) is 89.6 cm³/mol. The van der Waals surface area contributed by atoms with Gasteiger partial charge in [0.05, 0.1) is 0 Å². The Hall–Kier alpha value is -2.58. The maximum Gasteiger partial charge on any atom is 0.0473 e. The summed E-state index contributed by atoms with van der Waals surface area (Å²) < 4.78 is 0. The zero-order valence-corrected chi connectivity index (χ0v) is 11.8. The second-order valence-corrected chi connectivity index (χ2v) is 5.04. The van der Waals surface area contributed by atoms with Crippen LogP contribution in [0.3, 0.4) is 0 Å². The Morgan fingerprint density at radius 1 is 0.667 bits per heavy atom. The number of nitrogens with two attached hydrogens (primary N) is 2. The van der Waals surface area contributed by atoms with Crippen molar-refractivity contribution in [3.8, 4) is 22.3 Å². The molecule has 0 atom stereocenters. The molecule has 4 N–H and O–H groups in total. The molecule has 0 fully saturated rings.